The monoisotopic (exact) mass is 387 g/mol. The number of benzene rings is 1. The summed E-state index contributed by atoms with van der Waals surface area (Å²) in [6.45, 7) is 1.38. The normalized spacial score (nSPS) is 13.3. The third-order valence-corrected chi connectivity index (χ3v) is 6.04. The Kier molecular flexibility index (Phi) is 6.31. The van der Waals surface area contributed by atoms with Crippen LogP contribution < -0.4 is 5.32 Å². The van der Waals surface area contributed by atoms with Gasteiger partial charge in [0.25, 0.3) is 0 Å². The first kappa shape index (κ1) is 18.9. The minimum absolute atomic E-state index is 0.0435. The van der Waals surface area contributed by atoms with E-state index in [0.29, 0.717) is 18.5 Å². The Bertz CT molecular complexity index is 840. The molecule has 0 bridgehead atoms. The molecule has 0 spiro atoms. The summed E-state index contributed by atoms with van der Waals surface area (Å²) in [5.74, 6) is -0.0435. The van der Waals surface area contributed by atoms with Crippen molar-refractivity contribution in [2.75, 3.05) is 18.9 Å². The summed E-state index contributed by atoms with van der Waals surface area (Å²) < 4.78 is 0. The summed E-state index contributed by atoms with van der Waals surface area (Å²) in [4.78, 5) is 15.7. The van der Waals surface area contributed by atoms with Crippen LogP contribution in [0, 0.1) is 11.3 Å². The van der Waals surface area contributed by atoms with Gasteiger partial charge in [-0.25, -0.2) is 0 Å². The molecular weight excluding hydrogens is 366 g/mol. The van der Waals surface area contributed by atoms with Gasteiger partial charge in [0.15, 0.2) is 0 Å². The maximum atomic E-state index is 12.3. The molecule has 0 saturated heterocycles. The maximum Gasteiger partial charge on any atom is 0.226 e. The molecule has 1 aromatic carbocycles. The van der Waals surface area contributed by atoms with Gasteiger partial charge in [-0.2, -0.15) is 5.26 Å². The maximum absolute atomic E-state index is 12.3. The number of anilines is 1. The standard InChI is InChI=1S/C20H22ClN3OS/c1-24(13-14-5-4-6-15(21)11-14)10-9-19(25)23-20-17(12-22)16-7-2-3-8-18(16)26-20/h4-6,11H,2-3,7-10,13H2,1H3,(H,23,25). The summed E-state index contributed by atoms with van der Waals surface area (Å²) in [6, 6.07) is 10.0. The summed E-state index contributed by atoms with van der Waals surface area (Å²) in [5.41, 5.74) is 2.94. The first-order chi connectivity index (χ1) is 12.6. The fraction of sp³-hybridized carbons (Fsp3) is 0.400. The zero-order chi connectivity index (χ0) is 18.5. The average molecular weight is 388 g/mol. The van der Waals surface area contributed by atoms with Crippen LogP contribution in [-0.2, 0) is 24.2 Å². The number of nitrogens with zero attached hydrogens (tertiary/aromatic N) is 2. The average Bonchev–Trinajstić information content (AvgIpc) is 2.97. The zero-order valence-electron chi connectivity index (χ0n) is 14.8. The molecule has 26 heavy (non-hydrogen) atoms. The van der Waals surface area contributed by atoms with Crippen molar-refractivity contribution in [3.05, 3.63) is 50.9 Å². The summed E-state index contributed by atoms with van der Waals surface area (Å²) in [6.07, 6.45) is 4.66. The molecule has 0 fully saturated rings. The molecule has 0 atom stereocenters. The lowest BCUT2D eigenvalue weighted by Gasteiger charge is -2.16. The number of aryl methyl sites for hydroxylation is 1. The fourth-order valence-corrected chi connectivity index (χ4v) is 4.75. The van der Waals surface area contributed by atoms with Crippen LogP contribution in [0.4, 0.5) is 5.00 Å². The lowest BCUT2D eigenvalue weighted by Crippen LogP contribution is -2.24. The minimum atomic E-state index is -0.0435. The Morgan fingerprint density at radius 3 is 2.96 bits per heavy atom. The molecule has 0 saturated carbocycles. The zero-order valence-corrected chi connectivity index (χ0v) is 16.4. The van der Waals surface area contributed by atoms with Crippen LogP contribution in [0.2, 0.25) is 5.02 Å². The number of carbonyl (C=O) groups excluding carboxylic acids is 1. The molecule has 0 unspecified atom stereocenters. The number of nitrogens with one attached hydrogen (secondary N) is 1. The Morgan fingerprint density at radius 2 is 2.19 bits per heavy atom. The Hall–Kier alpha value is -1.87. The minimum Gasteiger partial charge on any atom is -0.317 e. The van der Waals surface area contributed by atoms with Gasteiger partial charge in [0.2, 0.25) is 5.91 Å². The molecule has 1 aromatic heterocycles. The van der Waals surface area contributed by atoms with Crippen LogP contribution in [0.25, 0.3) is 0 Å². The molecule has 1 aliphatic carbocycles. The summed E-state index contributed by atoms with van der Waals surface area (Å²) >= 11 is 7.58. The summed E-state index contributed by atoms with van der Waals surface area (Å²) in [5, 5.41) is 13.9. The first-order valence-electron chi connectivity index (χ1n) is 8.84. The van der Waals surface area contributed by atoms with Gasteiger partial charge in [0, 0.05) is 29.4 Å². The van der Waals surface area contributed by atoms with Gasteiger partial charge in [0.05, 0.1) is 5.56 Å². The Balaban J connectivity index is 1.54. The highest BCUT2D eigenvalue weighted by Crippen LogP contribution is 2.37. The molecule has 1 amide bonds. The number of hydrogen-bond donors (Lipinski definition) is 1. The van der Waals surface area contributed by atoms with Crippen molar-refractivity contribution in [1.82, 2.24) is 4.90 Å². The number of halogens is 1. The lowest BCUT2D eigenvalue weighted by atomic mass is 9.96. The van der Waals surface area contributed by atoms with E-state index in [1.54, 1.807) is 11.3 Å². The van der Waals surface area contributed by atoms with Gasteiger partial charge in [-0.05, 0) is 56.0 Å². The number of nitriles is 1. The number of thiophene rings is 1. The second-order valence-electron chi connectivity index (χ2n) is 6.69. The van der Waals surface area contributed by atoms with Gasteiger partial charge in [0.1, 0.15) is 11.1 Å². The molecule has 0 radical (unpaired) electrons. The topological polar surface area (TPSA) is 56.1 Å². The fourth-order valence-electron chi connectivity index (χ4n) is 3.28. The van der Waals surface area contributed by atoms with Crippen LogP contribution in [-0.4, -0.2) is 24.4 Å². The number of fused-ring (bicyclic) bond motifs is 1. The van der Waals surface area contributed by atoms with E-state index < -0.39 is 0 Å². The van der Waals surface area contributed by atoms with E-state index in [9.17, 15) is 10.1 Å². The Morgan fingerprint density at radius 1 is 1.38 bits per heavy atom. The SMILES string of the molecule is CN(CCC(=O)Nc1sc2c(c1C#N)CCCC2)Cc1cccc(Cl)c1. The van der Waals surface area contributed by atoms with Gasteiger partial charge in [-0.1, -0.05) is 23.7 Å². The molecule has 1 N–H and O–H groups in total. The first-order valence-corrected chi connectivity index (χ1v) is 10.0. The second-order valence-corrected chi connectivity index (χ2v) is 8.23. The number of carbonyl (C=O) groups is 1. The van der Waals surface area contributed by atoms with Gasteiger partial charge in [-0.3, -0.25) is 4.79 Å². The third kappa shape index (κ3) is 4.64. The molecule has 6 heteroatoms. The van der Waals surface area contributed by atoms with Crippen molar-refractivity contribution in [3.8, 4) is 6.07 Å². The van der Waals surface area contributed by atoms with E-state index in [1.165, 1.54) is 11.3 Å². The predicted molar refractivity (Wildman–Crippen MR) is 107 cm³/mol. The number of rotatable bonds is 6. The highest BCUT2D eigenvalue weighted by atomic mass is 35.5. The van der Waals surface area contributed by atoms with Crippen LogP contribution in [0.1, 0.15) is 40.8 Å². The highest BCUT2D eigenvalue weighted by molar-refractivity contribution is 7.16. The third-order valence-electron chi connectivity index (χ3n) is 4.60. The van der Waals surface area contributed by atoms with Crippen molar-refractivity contribution in [3.63, 3.8) is 0 Å². The smallest absolute Gasteiger partial charge is 0.226 e. The van der Waals surface area contributed by atoms with E-state index in [2.05, 4.69) is 16.3 Å². The van der Waals surface area contributed by atoms with E-state index >= 15 is 0 Å². The quantitative estimate of drug-likeness (QED) is 0.787. The van der Waals surface area contributed by atoms with E-state index in [-0.39, 0.29) is 5.91 Å². The molecule has 0 aliphatic heterocycles. The molecular formula is C20H22ClN3OS. The Labute approximate surface area is 163 Å². The van der Waals surface area contributed by atoms with Gasteiger partial charge >= 0.3 is 0 Å². The van der Waals surface area contributed by atoms with Crippen LogP contribution >= 0.6 is 22.9 Å². The molecule has 3 rings (SSSR count). The molecule has 4 nitrogen and oxygen atoms in total. The molecule has 136 valence electrons. The summed E-state index contributed by atoms with van der Waals surface area (Å²) in [7, 11) is 1.98. The van der Waals surface area contributed by atoms with Crippen molar-refractivity contribution in [2.45, 2.75) is 38.6 Å². The van der Waals surface area contributed by atoms with E-state index in [1.807, 2.05) is 31.3 Å². The number of hydrogen-bond acceptors (Lipinski definition) is 4. The molecule has 2 aromatic rings. The van der Waals surface area contributed by atoms with Crippen LogP contribution in [0.5, 0.6) is 0 Å². The van der Waals surface area contributed by atoms with Crippen molar-refractivity contribution < 1.29 is 4.79 Å². The van der Waals surface area contributed by atoms with Crippen molar-refractivity contribution in [2.24, 2.45) is 0 Å². The van der Waals surface area contributed by atoms with Gasteiger partial charge < -0.3 is 10.2 Å². The number of amides is 1. The van der Waals surface area contributed by atoms with Gasteiger partial charge in [-0.15, -0.1) is 11.3 Å². The largest absolute Gasteiger partial charge is 0.317 e. The highest BCUT2D eigenvalue weighted by Gasteiger charge is 2.21. The van der Waals surface area contributed by atoms with E-state index in [4.69, 9.17) is 11.6 Å². The van der Waals surface area contributed by atoms with E-state index in [0.717, 1.165) is 47.0 Å². The predicted octanol–water partition coefficient (Wildman–Crippen LogP) is 4.61. The lowest BCUT2D eigenvalue weighted by molar-refractivity contribution is -0.116. The molecule has 1 aliphatic rings. The molecule has 1 heterocycles. The van der Waals surface area contributed by atoms with Crippen LogP contribution in [0.3, 0.4) is 0 Å². The van der Waals surface area contributed by atoms with Crippen molar-refractivity contribution >= 4 is 33.8 Å². The second kappa shape index (κ2) is 8.68. The van der Waals surface area contributed by atoms with Crippen LogP contribution in [0.15, 0.2) is 24.3 Å². The van der Waals surface area contributed by atoms with Crippen molar-refractivity contribution in [1.29, 1.82) is 5.26 Å².